The second-order valence-corrected chi connectivity index (χ2v) is 11.8. The maximum atomic E-state index is 11.8. The van der Waals surface area contributed by atoms with Crippen LogP contribution >= 0.6 is 0 Å². The van der Waals surface area contributed by atoms with Gasteiger partial charge in [0, 0.05) is 48.3 Å². The molecular weight excluding hydrogens is 568 g/mol. The fourth-order valence-electron chi connectivity index (χ4n) is 5.92. The van der Waals surface area contributed by atoms with Crippen molar-refractivity contribution < 1.29 is 23.5 Å². The molecule has 234 valence electrons. The number of hydrogen-bond donors (Lipinski definition) is 0. The molecule has 2 aromatic heterocycles. The Morgan fingerprint density at radius 2 is 1.73 bits per heavy atom. The molecule has 9 heteroatoms. The number of esters is 1. The van der Waals surface area contributed by atoms with Crippen molar-refractivity contribution in [3.05, 3.63) is 95.2 Å². The molecule has 4 heterocycles. The van der Waals surface area contributed by atoms with Crippen LogP contribution in [0.5, 0.6) is 0 Å². The van der Waals surface area contributed by atoms with Gasteiger partial charge < -0.3 is 23.3 Å². The van der Waals surface area contributed by atoms with E-state index in [0.29, 0.717) is 12.3 Å². The molecule has 0 spiro atoms. The van der Waals surface area contributed by atoms with Gasteiger partial charge in [0.1, 0.15) is 17.6 Å². The molecule has 4 aromatic rings. The van der Waals surface area contributed by atoms with Crippen LogP contribution < -0.4 is 0 Å². The van der Waals surface area contributed by atoms with E-state index in [0.717, 1.165) is 86.6 Å². The fraction of sp³-hybridized carbons (Fsp3) is 0.417. The number of ether oxygens (including phenoxy) is 3. The second-order valence-electron chi connectivity index (χ2n) is 11.8. The minimum atomic E-state index is -0.190. The molecule has 0 N–H and O–H groups in total. The van der Waals surface area contributed by atoms with E-state index in [4.69, 9.17) is 18.7 Å². The van der Waals surface area contributed by atoms with Gasteiger partial charge >= 0.3 is 5.97 Å². The summed E-state index contributed by atoms with van der Waals surface area (Å²) in [5.41, 5.74) is 4.89. The fourth-order valence-corrected chi connectivity index (χ4v) is 5.92. The van der Waals surface area contributed by atoms with Gasteiger partial charge in [-0.2, -0.15) is 0 Å². The van der Waals surface area contributed by atoms with Crippen molar-refractivity contribution in [3.63, 3.8) is 0 Å². The van der Waals surface area contributed by atoms with Gasteiger partial charge in [-0.3, -0.25) is 9.69 Å². The van der Waals surface area contributed by atoms with E-state index in [1.165, 1.54) is 12.7 Å². The molecule has 0 bridgehead atoms. The maximum Gasteiger partial charge on any atom is 0.308 e. The topological polar surface area (TPSA) is 91.9 Å². The summed E-state index contributed by atoms with van der Waals surface area (Å²) in [4.78, 5) is 18.7. The second kappa shape index (κ2) is 14.7. The first-order valence-corrected chi connectivity index (χ1v) is 15.8. The third kappa shape index (κ3) is 8.08. The summed E-state index contributed by atoms with van der Waals surface area (Å²) < 4.78 is 24.5. The molecule has 2 aromatic carbocycles. The standard InChI is InChI=1S/C36H40N4O5/c1-26(44-34-5-3-4-22-43-34)35-37-18-21-40(35)25-32-23-33(45-38-32)30-14-12-28(13-15-30)7-6-27-8-10-29(11-9-27)24-39-19-16-31(17-20-39)36(41)42-2/h8-15,18,21,23,26,31,34H,3-5,16-17,19-20,22,24-25H2,1-2H3/t26-,34?/m0/s1. The molecule has 2 atom stereocenters. The predicted molar refractivity (Wildman–Crippen MR) is 169 cm³/mol. The average molecular weight is 609 g/mol. The predicted octanol–water partition coefficient (Wildman–Crippen LogP) is 5.98. The normalized spacial score (nSPS) is 18.2. The lowest BCUT2D eigenvalue weighted by Gasteiger charge is -2.30. The minimum Gasteiger partial charge on any atom is -0.469 e. The number of carbonyl (C=O) groups is 1. The van der Waals surface area contributed by atoms with E-state index in [-0.39, 0.29) is 24.3 Å². The van der Waals surface area contributed by atoms with Crippen molar-refractivity contribution in [2.24, 2.45) is 5.92 Å². The van der Waals surface area contributed by atoms with Crippen LogP contribution in [0.15, 0.2) is 71.5 Å². The number of methoxy groups -OCH3 is 1. The van der Waals surface area contributed by atoms with Gasteiger partial charge in [0.15, 0.2) is 12.1 Å². The molecule has 0 radical (unpaired) electrons. The van der Waals surface area contributed by atoms with E-state index >= 15 is 0 Å². The van der Waals surface area contributed by atoms with Crippen LogP contribution in [-0.2, 0) is 32.1 Å². The number of aromatic nitrogens is 3. The van der Waals surface area contributed by atoms with Crippen LogP contribution in [0.2, 0.25) is 0 Å². The van der Waals surface area contributed by atoms with Crippen LogP contribution in [0.3, 0.4) is 0 Å². The van der Waals surface area contributed by atoms with Gasteiger partial charge in [0.05, 0.1) is 19.6 Å². The quantitative estimate of drug-likeness (QED) is 0.169. The van der Waals surface area contributed by atoms with Gasteiger partial charge in [-0.15, -0.1) is 0 Å². The summed E-state index contributed by atoms with van der Waals surface area (Å²) in [5.74, 6) is 8.01. The Morgan fingerprint density at radius 3 is 2.42 bits per heavy atom. The Kier molecular flexibility index (Phi) is 10.1. The number of piperidine rings is 1. The van der Waals surface area contributed by atoms with E-state index in [9.17, 15) is 4.79 Å². The number of hydrogen-bond acceptors (Lipinski definition) is 8. The molecule has 0 saturated carbocycles. The molecule has 2 saturated heterocycles. The molecule has 45 heavy (non-hydrogen) atoms. The Bertz CT molecular complexity index is 1600. The van der Waals surface area contributed by atoms with Crippen LogP contribution in [0.1, 0.15) is 73.3 Å². The Morgan fingerprint density at radius 1 is 1.00 bits per heavy atom. The van der Waals surface area contributed by atoms with Crippen LogP contribution in [0.25, 0.3) is 11.3 Å². The lowest BCUT2D eigenvalue weighted by molar-refractivity contribution is -0.188. The van der Waals surface area contributed by atoms with Gasteiger partial charge in [0.25, 0.3) is 0 Å². The molecule has 1 unspecified atom stereocenters. The van der Waals surface area contributed by atoms with Gasteiger partial charge in [-0.05, 0) is 94.1 Å². The van der Waals surface area contributed by atoms with Crippen molar-refractivity contribution in [2.75, 3.05) is 26.8 Å². The zero-order chi connectivity index (χ0) is 31.0. The number of rotatable bonds is 9. The molecule has 2 aliphatic rings. The van der Waals surface area contributed by atoms with Crippen LogP contribution in [-0.4, -0.2) is 58.7 Å². The van der Waals surface area contributed by atoms with Crippen LogP contribution in [0.4, 0.5) is 0 Å². The SMILES string of the molecule is COC(=O)C1CCN(Cc2ccc(C#Cc3ccc(-c4cc(Cn5ccnc5[C@H](C)OC5CCCCO5)no4)cc3)cc2)CC1. The van der Waals surface area contributed by atoms with Crippen molar-refractivity contribution in [2.45, 2.75) is 64.5 Å². The smallest absolute Gasteiger partial charge is 0.308 e. The largest absolute Gasteiger partial charge is 0.469 e. The molecular formula is C36H40N4O5. The third-order valence-corrected chi connectivity index (χ3v) is 8.50. The molecule has 9 nitrogen and oxygen atoms in total. The monoisotopic (exact) mass is 608 g/mol. The number of nitrogens with zero attached hydrogens (tertiary/aromatic N) is 4. The Hall–Kier alpha value is -4.23. The summed E-state index contributed by atoms with van der Waals surface area (Å²) in [7, 11) is 1.47. The highest BCUT2D eigenvalue weighted by molar-refractivity contribution is 5.72. The molecule has 2 aliphatic heterocycles. The van der Waals surface area contributed by atoms with Gasteiger partial charge in [-0.25, -0.2) is 4.98 Å². The maximum absolute atomic E-state index is 11.8. The Balaban J connectivity index is 1.01. The zero-order valence-corrected chi connectivity index (χ0v) is 26.0. The van der Waals surface area contributed by atoms with Crippen LogP contribution in [0, 0.1) is 17.8 Å². The van der Waals surface area contributed by atoms with E-state index in [2.05, 4.69) is 51.1 Å². The first kappa shape index (κ1) is 30.8. The van der Waals surface area contributed by atoms with E-state index in [1.54, 1.807) is 6.20 Å². The third-order valence-electron chi connectivity index (χ3n) is 8.50. The lowest BCUT2D eigenvalue weighted by Crippen LogP contribution is -2.36. The number of carbonyl (C=O) groups excluding carboxylic acids is 1. The summed E-state index contributed by atoms with van der Waals surface area (Å²) in [5, 5.41) is 4.30. The van der Waals surface area contributed by atoms with Gasteiger partial charge in [-0.1, -0.05) is 29.1 Å². The lowest BCUT2D eigenvalue weighted by atomic mass is 9.96. The first-order chi connectivity index (χ1) is 22.0. The van der Waals surface area contributed by atoms with Crippen molar-refractivity contribution >= 4 is 5.97 Å². The first-order valence-electron chi connectivity index (χ1n) is 15.8. The summed E-state index contributed by atoms with van der Waals surface area (Å²) in [6.07, 6.45) is 8.18. The van der Waals surface area contributed by atoms with E-state index in [1.807, 2.05) is 48.0 Å². The Labute approximate surface area is 264 Å². The highest BCUT2D eigenvalue weighted by Crippen LogP contribution is 2.25. The van der Waals surface area contributed by atoms with Crippen molar-refractivity contribution in [1.82, 2.24) is 19.6 Å². The van der Waals surface area contributed by atoms with Crippen molar-refractivity contribution in [3.8, 4) is 23.2 Å². The highest BCUT2D eigenvalue weighted by Gasteiger charge is 2.25. The number of likely N-dealkylation sites (tertiary alicyclic amines) is 1. The highest BCUT2D eigenvalue weighted by atomic mass is 16.7. The molecule has 0 aliphatic carbocycles. The van der Waals surface area contributed by atoms with Gasteiger partial charge in [0.2, 0.25) is 0 Å². The summed E-state index contributed by atoms with van der Waals surface area (Å²) in [6.45, 7) is 5.98. The summed E-state index contributed by atoms with van der Waals surface area (Å²) in [6, 6.07) is 18.4. The van der Waals surface area contributed by atoms with Crippen molar-refractivity contribution in [1.29, 1.82) is 0 Å². The summed E-state index contributed by atoms with van der Waals surface area (Å²) >= 11 is 0. The molecule has 0 amide bonds. The number of imidazole rings is 1. The molecule has 2 fully saturated rings. The minimum absolute atomic E-state index is 0.0317. The average Bonchev–Trinajstić information content (AvgIpc) is 3.75. The molecule has 6 rings (SSSR count). The van der Waals surface area contributed by atoms with E-state index < -0.39 is 0 Å². The zero-order valence-electron chi connectivity index (χ0n) is 26.0. The number of benzene rings is 2.